The molecule has 0 radical (unpaired) electrons. The van der Waals surface area contributed by atoms with Gasteiger partial charge in [0.25, 0.3) is 0 Å². The van der Waals surface area contributed by atoms with Gasteiger partial charge in [-0.3, -0.25) is 4.79 Å². The Labute approximate surface area is 110 Å². The molecule has 0 aromatic heterocycles. The molecular formula is C14H26N2O2. The number of hydrogen-bond donors (Lipinski definition) is 2. The van der Waals surface area contributed by atoms with Gasteiger partial charge >= 0.3 is 0 Å². The van der Waals surface area contributed by atoms with Gasteiger partial charge in [-0.25, -0.2) is 0 Å². The Morgan fingerprint density at radius 1 is 1.22 bits per heavy atom. The summed E-state index contributed by atoms with van der Waals surface area (Å²) in [6.45, 7) is 5.77. The number of nitrogens with one attached hydrogen (secondary N) is 1. The minimum atomic E-state index is -0.704. The number of rotatable bonds is 2. The average molecular weight is 254 g/mol. The van der Waals surface area contributed by atoms with Crippen LogP contribution in [0.4, 0.5) is 0 Å². The molecule has 2 fully saturated rings. The van der Waals surface area contributed by atoms with Crippen LogP contribution in [0.25, 0.3) is 0 Å². The van der Waals surface area contributed by atoms with Crippen LogP contribution in [0.1, 0.15) is 46.0 Å². The molecule has 3 N–H and O–H groups in total. The number of carbonyl (C=O) groups excluding carboxylic acids is 1. The van der Waals surface area contributed by atoms with E-state index < -0.39 is 5.54 Å². The van der Waals surface area contributed by atoms with E-state index in [-0.39, 0.29) is 5.91 Å². The first kappa shape index (κ1) is 13.8. The topological polar surface area (TPSA) is 64.4 Å². The van der Waals surface area contributed by atoms with Crippen molar-refractivity contribution in [2.45, 2.75) is 57.5 Å². The summed E-state index contributed by atoms with van der Waals surface area (Å²) in [5.74, 6) is 1.48. The first-order valence-electron chi connectivity index (χ1n) is 7.19. The minimum Gasteiger partial charge on any atom is -0.381 e. The molecule has 2 rings (SSSR count). The van der Waals surface area contributed by atoms with Gasteiger partial charge in [0, 0.05) is 19.3 Å². The second kappa shape index (κ2) is 5.57. The van der Waals surface area contributed by atoms with Gasteiger partial charge in [0.2, 0.25) is 5.91 Å². The highest BCUT2D eigenvalue weighted by molar-refractivity contribution is 5.86. The molecule has 0 spiro atoms. The molecule has 3 unspecified atom stereocenters. The third-order valence-corrected chi connectivity index (χ3v) is 4.77. The summed E-state index contributed by atoms with van der Waals surface area (Å²) in [5.41, 5.74) is 5.49. The largest absolute Gasteiger partial charge is 0.381 e. The molecule has 1 aliphatic carbocycles. The van der Waals surface area contributed by atoms with Crippen molar-refractivity contribution in [3.05, 3.63) is 0 Å². The van der Waals surface area contributed by atoms with E-state index >= 15 is 0 Å². The average Bonchev–Trinajstić information content (AvgIpc) is 2.35. The first-order chi connectivity index (χ1) is 8.51. The number of carbonyl (C=O) groups is 1. The van der Waals surface area contributed by atoms with Crippen molar-refractivity contribution in [3.8, 4) is 0 Å². The van der Waals surface area contributed by atoms with Gasteiger partial charge < -0.3 is 15.8 Å². The van der Waals surface area contributed by atoms with Gasteiger partial charge in [-0.15, -0.1) is 0 Å². The second-order valence-electron chi connectivity index (χ2n) is 6.21. The van der Waals surface area contributed by atoms with Crippen molar-refractivity contribution >= 4 is 5.91 Å². The molecule has 104 valence electrons. The molecule has 1 heterocycles. The molecule has 0 aromatic carbocycles. The lowest BCUT2D eigenvalue weighted by Crippen LogP contribution is -2.59. The Balaban J connectivity index is 1.87. The molecule has 18 heavy (non-hydrogen) atoms. The quantitative estimate of drug-likeness (QED) is 0.783. The molecule has 1 saturated heterocycles. The van der Waals surface area contributed by atoms with Gasteiger partial charge in [0.1, 0.15) is 0 Å². The van der Waals surface area contributed by atoms with Gasteiger partial charge in [-0.05, 0) is 43.9 Å². The van der Waals surface area contributed by atoms with Crippen LogP contribution in [0, 0.1) is 11.8 Å². The lowest BCUT2D eigenvalue weighted by atomic mass is 9.78. The number of amides is 1. The van der Waals surface area contributed by atoms with Crippen LogP contribution in [-0.2, 0) is 9.53 Å². The Kier molecular flexibility index (Phi) is 4.28. The zero-order chi connectivity index (χ0) is 13.2. The highest BCUT2D eigenvalue weighted by atomic mass is 16.5. The van der Waals surface area contributed by atoms with Crippen molar-refractivity contribution in [1.82, 2.24) is 5.32 Å². The number of ether oxygens (including phenoxy) is 1. The third kappa shape index (κ3) is 3.04. The van der Waals surface area contributed by atoms with Gasteiger partial charge in [0.05, 0.1) is 5.54 Å². The lowest BCUT2D eigenvalue weighted by molar-refractivity contribution is -0.130. The van der Waals surface area contributed by atoms with Gasteiger partial charge in [-0.1, -0.05) is 13.8 Å². The highest BCUT2D eigenvalue weighted by Gasteiger charge is 2.37. The maximum Gasteiger partial charge on any atom is 0.240 e. The highest BCUT2D eigenvalue weighted by Crippen LogP contribution is 2.29. The fourth-order valence-corrected chi connectivity index (χ4v) is 2.97. The first-order valence-corrected chi connectivity index (χ1v) is 7.19. The van der Waals surface area contributed by atoms with E-state index in [4.69, 9.17) is 10.5 Å². The Bertz CT molecular complexity index is 300. The molecule has 3 atom stereocenters. The molecule has 0 bridgehead atoms. The van der Waals surface area contributed by atoms with Crippen LogP contribution >= 0.6 is 0 Å². The fraction of sp³-hybridized carbons (Fsp3) is 0.929. The third-order valence-electron chi connectivity index (χ3n) is 4.77. The van der Waals surface area contributed by atoms with Crippen LogP contribution in [0.5, 0.6) is 0 Å². The molecule has 4 heteroatoms. The summed E-state index contributed by atoms with van der Waals surface area (Å²) in [4.78, 5) is 12.3. The van der Waals surface area contributed by atoms with Crippen molar-refractivity contribution in [2.75, 3.05) is 13.2 Å². The van der Waals surface area contributed by atoms with Crippen molar-refractivity contribution < 1.29 is 9.53 Å². The van der Waals surface area contributed by atoms with Crippen LogP contribution in [-0.4, -0.2) is 30.7 Å². The van der Waals surface area contributed by atoms with Crippen molar-refractivity contribution in [2.24, 2.45) is 17.6 Å². The van der Waals surface area contributed by atoms with Gasteiger partial charge in [-0.2, -0.15) is 0 Å². The van der Waals surface area contributed by atoms with Gasteiger partial charge in [0.15, 0.2) is 0 Å². The maximum absolute atomic E-state index is 12.3. The molecular weight excluding hydrogens is 228 g/mol. The summed E-state index contributed by atoms with van der Waals surface area (Å²) in [7, 11) is 0. The van der Waals surface area contributed by atoms with Crippen LogP contribution < -0.4 is 11.1 Å². The Hall–Kier alpha value is -0.610. The monoisotopic (exact) mass is 254 g/mol. The predicted octanol–water partition coefficient (Wildman–Crippen LogP) is 1.44. The standard InChI is InChI=1S/C14H26N2O2/c1-10-3-4-12(9-11(10)2)16-13(17)14(15)5-7-18-8-6-14/h10-12H,3-9,15H2,1-2H3,(H,16,17). The van der Waals surface area contributed by atoms with E-state index in [0.717, 1.165) is 18.8 Å². The van der Waals surface area contributed by atoms with E-state index in [1.54, 1.807) is 0 Å². The Morgan fingerprint density at radius 3 is 2.50 bits per heavy atom. The van der Waals surface area contributed by atoms with E-state index in [1.807, 2.05) is 0 Å². The number of hydrogen-bond acceptors (Lipinski definition) is 3. The predicted molar refractivity (Wildman–Crippen MR) is 71.1 cm³/mol. The van der Waals surface area contributed by atoms with Crippen LogP contribution in [0.2, 0.25) is 0 Å². The summed E-state index contributed by atoms with van der Waals surface area (Å²) < 4.78 is 5.28. The van der Waals surface area contributed by atoms with Crippen LogP contribution in [0.15, 0.2) is 0 Å². The van der Waals surface area contributed by atoms with Crippen molar-refractivity contribution in [3.63, 3.8) is 0 Å². The lowest BCUT2D eigenvalue weighted by Gasteiger charge is -2.37. The smallest absolute Gasteiger partial charge is 0.240 e. The molecule has 2 aliphatic rings. The molecule has 1 aliphatic heterocycles. The Morgan fingerprint density at radius 2 is 1.89 bits per heavy atom. The van der Waals surface area contributed by atoms with E-state index in [1.165, 1.54) is 6.42 Å². The van der Waals surface area contributed by atoms with E-state index in [0.29, 0.717) is 38.0 Å². The molecule has 1 saturated carbocycles. The van der Waals surface area contributed by atoms with E-state index in [2.05, 4.69) is 19.2 Å². The van der Waals surface area contributed by atoms with E-state index in [9.17, 15) is 4.79 Å². The molecule has 0 aromatic rings. The molecule has 4 nitrogen and oxygen atoms in total. The SMILES string of the molecule is CC1CCC(NC(=O)C2(N)CCOCC2)CC1C. The summed E-state index contributed by atoms with van der Waals surface area (Å²) in [5, 5.41) is 3.16. The number of nitrogens with two attached hydrogens (primary N) is 1. The molecule has 1 amide bonds. The summed E-state index contributed by atoms with van der Waals surface area (Å²) in [6, 6.07) is 0.312. The summed E-state index contributed by atoms with van der Waals surface area (Å²) in [6.07, 6.45) is 4.64. The summed E-state index contributed by atoms with van der Waals surface area (Å²) >= 11 is 0. The normalized spacial score (nSPS) is 36.1. The van der Waals surface area contributed by atoms with Crippen LogP contribution in [0.3, 0.4) is 0 Å². The fourth-order valence-electron chi connectivity index (χ4n) is 2.97. The maximum atomic E-state index is 12.3. The second-order valence-corrected chi connectivity index (χ2v) is 6.21. The van der Waals surface area contributed by atoms with Crippen molar-refractivity contribution in [1.29, 1.82) is 0 Å². The minimum absolute atomic E-state index is 0.0255. The zero-order valence-electron chi connectivity index (χ0n) is 11.6. The zero-order valence-corrected chi connectivity index (χ0v) is 11.6.